The lowest BCUT2D eigenvalue weighted by Gasteiger charge is -2.37. The van der Waals surface area contributed by atoms with Crippen LogP contribution in [-0.2, 0) is 4.79 Å². The van der Waals surface area contributed by atoms with Crippen LogP contribution in [0.4, 0.5) is 0 Å². The summed E-state index contributed by atoms with van der Waals surface area (Å²) >= 11 is 0. The number of piperidine rings is 1. The van der Waals surface area contributed by atoms with Gasteiger partial charge in [0.05, 0.1) is 0 Å². The van der Waals surface area contributed by atoms with E-state index in [1.165, 1.54) is 25.7 Å². The van der Waals surface area contributed by atoms with E-state index in [9.17, 15) is 9.90 Å². The van der Waals surface area contributed by atoms with Gasteiger partial charge in [-0.25, -0.2) is 0 Å². The van der Waals surface area contributed by atoms with E-state index < -0.39 is 11.5 Å². The molecule has 0 bridgehead atoms. The van der Waals surface area contributed by atoms with Crippen LogP contribution < -0.4 is 5.73 Å². The molecule has 0 aromatic heterocycles. The first-order valence-electron chi connectivity index (χ1n) is 8.13. The third-order valence-electron chi connectivity index (χ3n) is 5.27. The molecule has 4 heteroatoms. The molecule has 2 fully saturated rings. The summed E-state index contributed by atoms with van der Waals surface area (Å²) in [7, 11) is 0. The van der Waals surface area contributed by atoms with Gasteiger partial charge in [0.15, 0.2) is 0 Å². The highest BCUT2D eigenvalue weighted by Gasteiger charge is 2.37. The van der Waals surface area contributed by atoms with Crippen molar-refractivity contribution in [3.8, 4) is 0 Å². The van der Waals surface area contributed by atoms with Crippen molar-refractivity contribution >= 4 is 5.91 Å². The molecule has 2 unspecified atom stereocenters. The van der Waals surface area contributed by atoms with Gasteiger partial charge in [-0.3, -0.25) is 4.79 Å². The van der Waals surface area contributed by atoms with Crippen LogP contribution in [0.5, 0.6) is 0 Å². The topological polar surface area (TPSA) is 66.6 Å². The number of nitrogens with two attached hydrogens (primary N) is 1. The van der Waals surface area contributed by atoms with E-state index in [4.69, 9.17) is 5.73 Å². The van der Waals surface area contributed by atoms with Crippen molar-refractivity contribution < 1.29 is 9.90 Å². The van der Waals surface area contributed by atoms with Gasteiger partial charge in [-0.05, 0) is 62.8 Å². The highest BCUT2D eigenvalue weighted by Crippen LogP contribution is 2.35. The van der Waals surface area contributed by atoms with Crippen LogP contribution in [0.1, 0.15) is 52.4 Å². The summed E-state index contributed by atoms with van der Waals surface area (Å²) in [5, 5.41) is 10.1. The molecule has 2 atom stereocenters. The fourth-order valence-electron chi connectivity index (χ4n) is 4.11. The molecule has 0 aromatic rings. The Hall–Kier alpha value is -0.610. The Bertz CT molecular complexity index is 327. The molecule has 2 rings (SSSR count). The van der Waals surface area contributed by atoms with Gasteiger partial charge in [0.25, 0.3) is 0 Å². The maximum Gasteiger partial charge on any atom is 0.249 e. The van der Waals surface area contributed by atoms with Gasteiger partial charge in [-0.15, -0.1) is 0 Å². The van der Waals surface area contributed by atoms with Crippen molar-refractivity contribution in [2.75, 3.05) is 19.6 Å². The van der Waals surface area contributed by atoms with Gasteiger partial charge in [0, 0.05) is 13.1 Å². The van der Waals surface area contributed by atoms with Gasteiger partial charge in [-0.1, -0.05) is 13.8 Å². The van der Waals surface area contributed by atoms with Crippen LogP contribution in [0.15, 0.2) is 0 Å². The Morgan fingerprint density at radius 1 is 1.20 bits per heavy atom. The first-order chi connectivity index (χ1) is 9.39. The lowest BCUT2D eigenvalue weighted by atomic mass is 9.75. The van der Waals surface area contributed by atoms with Crippen LogP contribution in [0, 0.1) is 17.8 Å². The lowest BCUT2D eigenvalue weighted by Crippen LogP contribution is -2.52. The van der Waals surface area contributed by atoms with E-state index in [0.717, 1.165) is 37.4 Å². The van der Waals surface area contributed by atoms with E-state index in [2.05, 4.69) is 18.7 Å². The molecule has 1 aliphatic carbocycles. The SMILES string of the molecule is CC1CC(C)CC(CCN2CCC(O)(C(N)=O)CC2)C1. The van der Waals surface area contributed by atoms with Crippen molar-refractivity contribution in [2.24, 2.45) is 23.5 Å². The predicted octanol–water partition coefficient (Wildman–Crippen LogP) is 1.76. The zero-order valence-corrected chi connectivity index (χ0v) is 13.0. The molecular weight excluding hydrogens is 252 g/mol. The molecular formula is C16H30N2O2. The van der Waals surface area contributed by atoms with E-state index in [1.807, 2.05) is 0 Å². The maximum absolute atomic E-state index is 11.2. The number of rotatable bonds is 4. The zero-order valence-electron chi connectivity index (χ0n) is 13.0. The van der Waals surface area contributed by atoms with Crippen molar-refractivity contribution in [1.29, 1.82) is 0 Å². The summed E-state index contributed by atoms with van der Waals surface area (Å²) in [6, 6.07) is 0. The fourth-order valence-corrected chi connectivity index (χ4v) is 4.11. The smallest absolute Gasteiger partial charge is 0.249 e. The van der Waals surface area contributed by atoms with Crippen LogP contribution >= 0.6 is 0 Å². The van der Waals surface area contributed by atoms with Gasteiger partial charge in [-0.2, -0.15) is 0 Å². The molecule has 1 aliphatic heterocycles. The number of likely N-dealkylation sites (tertiary alicyclic amines) is 1. The quantitative estimate of drug-likeness (QED) is 0.825. The molecule has 116 valence electrons. The Labute approximate surface area is 122 Å². The number of hydrogen-bond acceptors (Lipinski definition) is 3. The van der Waals surface area contributed by atoms with Crippen molar-refractivity contribution in [1.82, 2.24) is 4.90 Å². The molecule has 1 amide bonds. The largest absolute Gasteiger partial charge is 0.380 e. The minimum atomic E-state index is -1.26. The van der Waals surface area contributed by atoms with Gasteiger partial charge < -0.3 is 15.7 Å². The summed E-state index contributed by atoms with van der Waals surface area (Å²) in [6.07, 6.45) is 6.34. The molecule has 3 N–H and O–H groups in total. The number of carbonyl (C=O) groups is 1. The minimum Gasteiger partial charge on any atom is -0.380 e. The van der Waals surface area contributed by atoms with E-state index in [1.54, 1.807) is 0 Å². The van der Waals surface area contributed by atoms with Crippen LogP contribution in [-0.4, -0.2) is 41.1 Å². The molecule has 4 nitrogen and oxygen atoms in total. The monoisotopic (exact) mass is 282 g/mol. The van der Waals surface area contributed by atoms with Gasteiger partial charge in [0.2, 0.25) is 5.91 Å². The normalized spacial score (nSPS) is 34.9. The summed E-state index contributed by atoms with van der Waals surface area (Å²) in [5.74, 6) is 2.02. The van der Waals surface area contributed by atoms with Crippen molar-refractivity contribution in [2.45, 2.75) is 58.0 Å². The lowest BCUT2D eigenvalue weighted by molar-refractivity contribution is -0.141. The molecule has 0 aromatic carbocycles. The summed E-state index contributed by atoms with van der Waals surface area (Å²) in [5.41, 5.74) is 4.00. The third kappa shape index (κ3) is 3.95. The Morgan fingerprint density at radius 3 is 2.25 bits per heavy atom. The third-order valence-corrected chi connectivity index (χ3v) is 5.27. The standard InChI is InChI=1S/C16H30N2O2/c1-12-9-13(2)11-14(10-12)3-6-18-7-4-16(20,5-8-18)15(17)19/h12-14,20H,3-11H2,1-2H3,(H2,17,19). The first-order valence-corrected chi connectivity index (χ1v) is 8.13. The molecule has 2 aliphatic rings. The summed E-state index contributed by atoms with van der Waals surface area (Å²) < 4.78 is 0. The number of carbonyl (C=O) groups excluding carboxylic acids is 1. The molecule has 1 heterocycles. The average Bonchev–Trinajstić information content (AvgIpc) is 2.37. The fraction of sp³-hybridized carbons (Fsp3) is 0.938. The number of amides is 1. The molecule has 0 spiro atoms. The van der Waals surface area contributed by atoms with E-state index >= 15 is 0 Å². The highest BCUT2D eigenvalue weighted by atomic mass is 16.3. The first kappa shape index (κ1) is 15.8. The number of primary amides is 1. The highest BCUT2D eigenvalue weighted by molar-refractivity contribution is 5.83. The Kier molecular flexibility index (Phi) is 5.08. The van der Waals surface area contributed by atoms with E-state index in [0.29, 0.717) is 12.8 Å². The van der Waals surface area contributed by atoms with Crippen LogP contribution in [0.3, 0.4) is 0 Å². The molecule has 20 heavy (non-hydrogen) atoms. The molecule has 1 saturated carbocycles. The van der Waals surface area contributed by atoms with Crippen LogP contribution in [0.2, 0.25) is 0 Å². The Morgan fingerprint density at radius 2 is 1.75 bits per heavy atom. The second-order valence-electron chi connectivity index (χ2n) is 7.31. The van der Waals surface area contributed by atoms with Crippen molar-refractivity contribution in [3.05, 3.63) is 0 Å². The van der Waals surface area contributed by atoms with Crippen LogP contribution in [0.25, 0.3) is 0 Å². The second kappa shape index (κ2) is 6.44. The minimum absolute atomic E-state index is 0.486. The predicted molar refractivity (Wildman–Crippen MR) is 80.1 cm³/mol. The van der Waals surface area contributed by atoms with E-state index in [-0.39, 0.29) is 0 Å². The second-order valence-corrected chi connectivity index (χ2v) is 7.31. The number of hydrogen-bond donors (Lipinski definition) is 2. The molecule has 1 saturated heterocycles. The van der Waals surface area contributed by atoms with Gasteiger partial charge in [0.1, 0.15) is 5.60 Å². The van der Waals surface area contributed by atoms with Gasteiger partial charge >= 0.3 is 0 Å². The molecule has 0 radical (unpaired) electrons. The Balaban J connectivity index is 1.72. The average molecular weight is 282 g/mol. The summed E-state index contributed by atoms with van der Waals surface area (Å²) in [4.78, 5) is 13.6. The summed E-state index contributed by atoms with van der Waals surface area (Å²) in [6.45, 7) is 7.42. The van der Waals surface area contributed by atoms with Crippen molar-refractivity contribution in [3.63, 3.8) is 0 Å². The number of aliphatic hydroxyl groups is 1. The number of nitrogens with zero attached hydrogens (tertiary/aromatic N) is 1. The maximum atomic E-state index is 11.2. The zero-order chi connectivity index (χ0) is 14.8.